The Labute approximate surface area is 60.0 Å². The molecule has 8 heavy (non-hydrogen) atoms. The predicted molar refractivity (Wildman–Crippen MR) is 33.4 cm³/mol. The third kappa shape index (κ3) is 0.753. The second-order valence-corrected chi connectivity index (χ2v) is 2.13. The molecule has 1 rings (SSSR count). The zero-order valence-electron chi connectivity index (χ0n) is 7.22. The zero-order chi connectivity index (χ0) is 8.65. The van der Waals surface area contributed by atoms with Crippen molar-refractivity contribution >= 4 is 15.9 Å². The van der Waals surface area contributed by atoms with Crippen molar-refractivity contribution in [2.24, 2.45) is 6.98 Å². The lowest BCUT2D eigenvalue weighted by molar-refractivity contribution is 0.702. The van der Waals surface area contributed by atoms with Gasteiger partial charge in [0.2, 0.25) is 0 Å². The molecule has 4 heteroatoms. The normalized spacial score (nSPS) is 17.0. The van der Waals surface area contributed by atoms with Gasteiger partial charge in [0.1, 0.15) is 4.60 Å². The quantitative estimate of drug-likeness (QED) is 0.591. The summed E-state index contributed by atoms with van der Waals surface area (Å²) in [6.07, 6.45) is 0. The van der Waals surface area contributed by atoms with E-state index >= 15 is 0 Å². The Morgan fingerprint density at radius 1 is 1.88 bits per heavy atom. The van der Waals surface area contributed by atoms with Gasteiger partial charge in [-0.25, -0.2) is 4.68 Å². The van der Waals surface area contributed by atoms with E-state index in [1.807, 2.05) is 0 Å². The average molecular weight is 179 g/mol. The van der Waals surface area contributed by atoms with Crippen molar-refractivity contribution in [1.29, 1.82) is 0 Å². The molecule has 1 heterocycles. The summed E-state index contributed by atoms with van der Waals surface area (Å²) in [6.45, 7) is -0.570. The van der Waals surface area contributed by atoms with E-state index in [0.29, 0.717) is 10.3 Å². The molecule has 0 aromatic carbocycles. The molecule has 0 saturated heterocycles. The zero-order valence-corrected chi connectivity index (χ0v) is 5.81. The van der Waals surface area contributed by atoms with Crippen LogP contribution in [0, 0.1) is 6.92 Å². The highest BCUT2D eigenvalue weighted by atomic mass is 79.9. The molecule has 0 spiro atoms. The van der Waals surface area contributed by atoms with E-state index in [9.17, 15) is 0 Å². The molecule has 0 atom stereocenters. The van der Waals surface area contributed by atoms with Gasteiger partial charge in [-0.2, -0.15) is 0 Å². The molecule has 0 aliphatic rings. The average Bonchev–Trinajstić information content (AvgIpc) is 2.11. The number of hydrogen-bond acceptors (Lipinski definition) is 2. The highest BCUT2D eigenvalue weighted by Crippen LogP contribution is 2.09. The lowest BCUT2D eigenvalue weighted by atomic mass is 10.6. The first-order chi connectivity index (χ1) is 4.93. The van der Waals surface area contributed by atoms with Crippen LogP contribution in [-0.2, 0) is 6.98 Å². The van der Waals surface area contributed by atoms with Crippen LogP contribution in [0.25, 0.3) is 0 Å². The van der Waals surface area contributed by atoms with Gasteiger partial charge >= 0.3 is 0 Å². The lowest BCUT2D eigenvalue weighted by Crippen LogP contribution is -1.88. The number of nitrogens with zero attached hydrogens (tertiary/aromatic N) is 3. The van der Waals surface area contributed by atoms with Gasteiger partial charge in [0, 0.05) is 11.1 Å². The van der Waals surface area contributed by atoms with Crippen molar-refractivity contribution < 1.29 is 4.11 Å². The fraction of sp³-hybridized carbons (Fsp3) is 0.500. The second-order valence-electron chi connectivity index (χ2n) is 1.38. The lowest BCUT2D eigenvalue weighted by Gasteiger charge is -1.85. The van der Waals surface area contributed by atoms with E-state index in [2.05, 4.69) is 26.2 Å². The fourth-order valence-electron chi connectivity index (χ4n) is 0.346. The van der Waals surface area contributed by atoms with Gasteiger partial charge < -0.3 is 0 Å². The molecule has 0 unspecified atom stereocenters. The van der Waals surface area contributed by atoms with E-state index in [1.165, 1.54) is 0 Å². The van der Waals surface area contributed by atoms with E-state index in [0.717, 1.165) is 4.68 Å². The summed E-state index contributed by atoms with van der Waals surface area (Å²) in [5.41, 5.74) is 0.570. The van der Waals surface area contributed by atoms with Gasteiger partial charge in [-0.3, -0.25) is 0 Å². The molecule has 0 saturated carbocycles. The van der Waals surface area contributed by atoms with E-state index in [-0.39, 0.29) is 0 Å². The van der Waals surface area contributed by atoms with Crippen LogP contribution in [0.3, 0.4) is 0 Å². The van der Waals surface area contributed by atoms with Gasteiger partial charge in [-0.15, -0.1) is 5.10 Å². The van der Waals surface area contributed by atoms with Crippen molar-refractivity contribution in [2.45, 2.75) is 6.92 Å². The number of rotatable bonds is 0. The Balaban J connectivity index is 3.15. The molecule has 0 radical (unpaired) electrons. The smallest absolute Gasteiger partial charge is 0.126 e. The second kappa shape index (κ2) is 1.85. The van der Waals surface area contributed by atoms with Crippen molar-refractivity contribution in [1.82, 2.24) is 15.0 Å². The molecule has 0 fully saturated rings. The standard InChI is InChI=1S/C4H6BrN3/c1-3-4(5)8(2)7-6-3/h1-2H3/i2D3. The Hall–Kier alpha value is -0.380. The summed E-state index contributed by atoms with van der Waals surface area (Å²) in [5.74, 6) is 0. The van der Waals surface area contributed by atoms with E-state index in [4.69, 9.17) is 4.11 Å². The highest BCUT2D eigenvalue weighted by Gasteiger charge is 1.98. The number of aryl methyl sites for hydroxylation is 2. The molecule has 3 nitrogen and oxygen atoms in total. The molecule has 44 valence electrons. The summed E-state index contributed by atoms with van der Waals surface area (Å²) in [6, 6.07) is 0. The van der Waals surface area contributed by atoms with E-state index < -0.39 is 6.98 Å². The van der Waals surface area contributed by atoms with Gasteiger partial charge in [0.25, 0.3) is 0 Å². The topological polar surface area (TPSA) is 30.7 Å². The monoisotopic (exact) mass is 178 g/mol. The van der Waals surface area contributed by atoms with Crippen LogP contribution < -0.4 is 0 Å². The molecule has 0 aliphatic heterocycles. The fourth-order valence-corrected chi connectivity index (χ4v) is 0.496. The minimum absolute atomic E-state index is 0.400. The van der Waals surface area contributed by atoms with Crippen LogP contribution in [0.4, 0.5) is 0 Å². The number of halogens is 1. The van der Waals surface area contributed by atoms with Crippen molar-refractivity contribution in [2.75, 3.05) is 0 Å². The molecule has 0 amide bonds. The Kier molecular flexibility index (Phi) is 0.686. The SMILES string of the molecule is [2H]C([2H])([2H])n1nnc(C)c1Br. The predicted octanol–water partition coefficient (Wildman–Crippen LogP) is 0.886. The number of aromatic nitrogens is 3. The van der Waals surface area contributed by atoms with Crippen LogP contribution in [0.1, 0.15) is 9.81 Å². The summed E-state index contributed by atoms with van der Waals surface area (Å²) in [7, 11) is 0. The molecule has 1 aromatic heterocycles. The summed E-state index contributed by atoms with van der Waals surface area (Å²) < 4.78 is 22.2. The molecule has 0 bridgehead atoms. The van der Waals surface area contributed by atoms with Crippen LogP contribution in [0.5, 0.6) is 0 Å². The summed E-state index contributed by atoms with van der Waals surface area (Å²) in [4.78, 5) is 0. The third-order valence-corrected chi connectivity index (χ3v) is 1.68. The maximum Gasteiger partial charge on any atom is 0.126 e. The van der Waals surface area contributed by atoms with E-state index in [1.54, 1.807) is 6.92 Å². The van der Waals surface area contributed by atoms with Crippen LogP contribution >= 0.6 is 15.9 Å². The van der Waals surface area contributed by atoms with Gasteiger partial charge in [0.05, 0.1) is 5.69 Å². The largest absolute Gasteiger partial charge is 0.241 e. The first-order valence-electron chi connectivity index (χ1n) is 3.51. The number of hydrogen-bond donors (Lipinski definition) is 0. The van der Waals surface area contributed by atoms with Crippen LogP contribution in [0.2, 0.25) is 0 Å². The molecule has 0 N–H and O–H groups in total. The maximum absolute atomic E-state index is 6.99. The first kappa shape index (κ1) is 2.96. The summed E-state index contributed by atoms with van der Waals surface area (Å²) in [5, 5.41) is 7.03. The van der Waals surface area contributed by atoms with Gasteiger partial charge in [0.15, 0.2) is 0 Å². The Morgan fingerprint density at radius 3 is 2.88 bits per heavy atom. The molecular weight excluding hydrogens is 170 g/mol. The van der Waals surface area contributed by atoms with Gasteiger partial charge in [-0.05, 0) is 22.9 Å². The minimum Gasteiger partial charge on any atom is -0.241 e. The van der Waals surface area contributed by atoms with Crippen LogP contribution in [-0.4, -0.2) is 15.0 Å². The molecule has 1 aromatic rings. The van der Waals surface area contributed by atoms with Gasteiger partial charge in [-0.1, -0.05) is 5.21 Å². The third-order valence-electron chi connectivity index (χ3n) is 0.769. The maximum atomic E-state index is 6.99. The summed E-state index contributed by atoms with van der Waals surface area (Å²) >= 11 is 3.06. The molecular formula is C4H6BrN3. The van der Waals surface area contributed by atoms with Crippen molar-refractivity contribution in [3.05, 3.63) is 10.3 Å². The highest BCUT2D eigenvalue weighted by molar-refractivity contribution is 9.10. The Bertz CT molecular complexity index is 266. The minimum atomic E-state index is -2.25. The first-order valence-corrected chi connectivity index (χ1v) is 2.80. The van der Waals surface area contributed by atoms with Crippen molar-refractivity contribution in [3.8, 4) is 0 Å². The Morgan fingerprint density at radius 2 is 2.62 bits per heavy atom. The van der Waals surface area contributed by atoms with Crippen LogP contribution in [0.15, 0.2) is 4.60 Å². The van der Waals surface area contributed by atoms with Crippen molar-refractivity contribution in [3.63, 3.8) is 0 Å². The molecule has 0 aliphatic carbocycles.